The molecule has 1 aliphatic carbocycles. The Bertz CT molecular complexity index is 1290. The summed E-state index contributed by atoms with van der Waals surface area (Å²) >= 11 is 2.71. The van der Waals surface area contributed by atoms with Gasteiger partial charge >= 0.3 is 0 Å². The maximum Gasteiger partial charge on any atom is 0.267 e. The van der Waals surface area contributed by atoms with Crippen LogP contribution in [0.15, 0.2) is 69.9 Å². The van der Waals surface area contributed by atoms with E-state index < -0.39 is 0 Å². The Labute approximate surface area is 180 Å². The van der Waals surface area contributed by atoms with Gasteiger partial charge in [0, 0.05) is 5.56 Å². The lowest BCUT2D eigenvalue weighted by Gasteiger charge is -2.12. The molecule has 1 fully saturated rings. The van der Waals surface area contributed by atoms with Gasteiger partial charge in [-0.3, -0.25) is 14.2 Å². The van der Waals surface area contributed by atoms with Gasteiger partial charge in [0.15, 0.2) is 10.9 Å². The summed E-state index contributed by atoms with van der Waals surface area (Å²) in [7, 11) is 0. The van der Waals surface area contributed by atoms with Crippen LogP contribution >= 0.6 is 23.1 Å². The molecule has 0 saturated heterocycles. The number of thioether (sulfide) groups is 1. The molecular weight excluding hydrogens is 419 g/mol. The number of Topliss-reactive ketones (excluding diaryl/α,β-unsaturated/α-hetero) is 1. The quantitative estimate of drug-likeness (QED) is 0.229. The van der Waals surface area contributed by atoms with E-state index in [1.54, 1.807) is 4.57 Å². The van der Waals surface area contributed by atoms with Crippen molar-refractivity contribution < 1.29 is 9.18 Å². The lowest BCUT2D eigenvalue weighted by molar-refractivity contribution is 0.102. The predicted molar refractivity (Wildman–Crippen MR) is 119 cm³/mol. The van der Waals surface area contributed by atoms with Crippen molar-refractivity contribution in [1.82, 2.24) is 9.55 Å². The Kier molecular flexibility index (Phi) is 5.00. The van der Waals surface area contributed by atoms with Crippen LogP contribution in [0, 0.1) is 5.82 Å². The molecule has 0 bridgehead atoms. The highest BCUT2D eigenvalue weighted by atomic mass is 32.2. The van der Waals surface area contributed by atoms with E-state index >= 15 is 0 Å². The second-order valence-corrected chi connectivity index (χ2v) is 9.04. The van der Waals surface area contributed by atoms with Gasteiger partial charge in [-0.05, 0) is 66.1 Å². The summed E-state index contributed by atoms with van der Waals surface area (Å²) in [6.07, 6.45) is 2.22. The third-order valence-electron chi connectivity index (χ3n) is 5.14. The molecule has 0 radical (unpaired) electrons. The maximum atomic E-state index is 13.5. The summed E-state index contributed by atoms with van der Waals surface area (Å²) in [6, 6.07) is 14.9. The van der Waals surface area contributed by atoms with Crippen LogP contribution in [0.4, 0.5) is 4.39 Å². The van der Waals surface area contributed by atoms with Gasteiger partial charge in [0.1, 0.15) is 10.6 Å². The lowest BCUT2D eigenvalue weighted by Crippen LogP contribution is -2.22. The van der Waals surface area contributed by atoms with Gasteiger partial charge in [0.2, 0.25) is 0 Å². The average molecular weight is 437 g/mol. The zero-order valence-corrected chi connectivity index (χ0v) is 17.5. The first-order valence-corrected chi connectivity index (χ1v) is 11.5. The summed E-state index contributed by atoms with van der Waals surface area (Å²) < 4.78 is 14.7. The van der Waals surface area contributed by atoms with Gasteiger partial charge < -0.3 is 0 Å². The molecule has 0 amide bonds. The zero-order valence-electron chi connectivity index (χ0n) is 15.9. The fourth-order valence-corrected chi connectivity index (χ4v) is 5.41. The first kappa shape index (κ1) is 19.2. The van der Waals surface area contributed by atoms with E-state index in [4.69, 9.17) is 4.98 Å². The molecule has 2 heterocycles. The molecule has 30 heavy (non-hydrogen) atoms. The van der Waals surface area contributed by atoms with Gasteiger partial charge in [0.05, 0.1) is 16.8 Å². The van der Waals surface area contributed by atoms with Crippen molar-refractivity contribution in [3.8, 4) is 5.69 Å². The van der Waals surface area contributed by atoms with Gasteiger partial charge in [-0.2, -0.15) is 0 Å². The van der Waals surface area contributed by atoms with Crippen LogP contribution in [0.25, 0.3) is 15.9 Å². The number of para-hydroxylation sites is 1. The minimum atomic E-state index is -0.381. The zero-order chi connectivity index (χ0) is 20.7. The van der Waals surface area contributed by atoms with Crippen molar-refractivity contribution >= 4 is 39.1 Å². The Morgan fingerprint density at radius 3 is 2.57 bits per heavy atom. The molecule has 7 heteroatoms. The highest BCUT2D eigenvalue weighted by Gasteiger charge is 2.29. The van der Waals surface area contributed by atoms with Crippen molar-refractivity contribution in [3.63, 3.8) is 0 Å². The fraction of sp³-hybridized carbons (Fsp3) is 0.174. The monoisotopic (exact) mass is 436 g/mol. The van der Waals surface area contributed by atoms with Gasteiger partial charge in [0.25, 0.3) is 5.56 Å². The summed E-state index contributed by atoms with van der Waals surface area (Å²) in [6.45, 7) is 0. The molecule has 2 aromatic carbocycles. The molecule has 1 aliphatic rings. The Morgan fingerprint density at radius 2 is 1.87 bits per heavy atom. The fourth-order valence-electron chi connectivity index (χ4n) is 3.44. The second-order valence-electron chi connectivity index (χ2n) is 7.23. The average Bonchev–Trinajstić information content (AvgIpc) is 3.52. The molecule has 4 aromatic rings. The minimum absolute atomic E-state index is 0.0916. The molecule has 2 aromatic heterocycles. The van der Waals surface area contributed by atoms with Crippen LogP contribution in [0.3, 0.4) is 0 Å². The van der Waals surface area contributed by atoms with Crippen molar-refractivity contribution in [2.45, 2.75) is 23.9 Å². The van der Waals surface area contributed by atoms with Gasteiger partial charge in [-0.15, -0.1) is 11.3 Å². The number of nitrogens with zero attached hydrogens (tertiary/aromatic N) is 2. The first-order valence-electron chi connectivity index (χ1n) is 9.63. The molecule has 0 atom stereocenters. The lowest BCUT2D eigenvalue weighted by atomic mass is 10.1. The number of ketones is 1. The predicted octanol–water partition coefficient (Wildman–Crippen LogP) is 5.44. The number of carbonyl (C=O) groups is 1. The molecule has 4 nitrogen and oxygen atoms in total. The molecule has 0 N–H and O–H groups in total. The SMILES string of the molecule is O=C(CSc1nc2scc(C3CC3)c2c(=O)n1-c1ccccc1)c1ccc(F)cc1. The smallest absolute Gasteiger partial charge is 0.267 e. The van der Waals surface area contributed by atoms with Crippen molar-refractivity contribution in [2.24, 2.45) is 0 Å². The third kappa shape index (κ3) is 3.59. The summed E-state index contributed by atoms with van der Waals surface area (Å²) in [5.41, 5.74) is 2.16. The van der Waals surface area contributed by atoms with E-state index in [1.165, 1.54) is 47.4 Å². The molecular formula is C23H17FN2O2S2. The maximum absolute atomic E-state index is 13.5. The third-order valence-corrected chi connectivity index (χ3v) is 6.96. The van der Waals surface area contributed by atoms with Crippen molar-refractivity contribution in [3.05, 3.63) is 87.3 Å². The largest absolute Gasteiger partial charge is 0.293 e. The number of rotatable bonds is 6. The van der Waals surface area contributed by atoms with E-state index in [2.05, 4.69) is 0 Å². The van der Waals surface area contributed by atoms with Gasteiger partial charge in [-0.1, -0.05) is 30.0 Å². The normalized spacial score (nSPS) is 13.6. The van der Waals surface area contributed by atoms with Crippen LogP contribution in [0.1, 0.15) is 34.7 Å². The van der Waals surface area contributed by atoms with Crippen molar-refractivity contribution in [2.75, 3.05) is 5.75 Å². The van der Waals surface area contributed by atoms with E-state index in [0.29, 0.717) is 26.9 Å². The number of thiophene rings is 1. The van der Waals surface area contributed by atoms with E-state index in [-0.39, 0.29) is 22.9 Å². The highest BCUT2D eigenvalue weighted by Crippen LogP contribution is 2.44. The standard InChI is InChI=1S/C23H17FN2O2S2/c24-16-10-8-15(9-11-16)19(27)13-30-23-25-21-20(18(12-29-21)14-6-7-14)22(28)26(23)17-4-2-1-3-5-17/h1-5,8-12,14H,6-7,13H2. The summed E-state index contributed by atoms with van der Waals surface area (Å²) in [4.78, 5) is 31.5. The number of aromatic nitrogens is 2. The number of fused-ring (bicyclic) bond motifs is 1. The Balaban J connectivity index is 1.56. The Morgan fingerprint density at radius 1 is 1.13 bits per heavy atom. The van der Waals surface area contributed by atoms with Crippen LogP contribution in [-0.4, -0.2) is 21.1 Å². The van der Waals surface area contributed by atoms with E-state index in [0.717, 1.165) is 24.1 Å². The number of halogens is 1. The molecule has 1 saturated carbocycles. The van der Waals surface area contributed by atoms with Crippen LogP contribution < -0.4 is 5.56 Å². The molecule has 0 unspecified atom stereocenters. The van der Waals surface area contributed by atoms with Gasteiger partial charge in [-0.25, -0.2) is 9.37 Å². The van der Waals surface area contributed by atoms with Crippen LogP contribution in [-0.2, 0) is 0 Å². The number of hydrogen-bond acceptors (Lipinski definition) is 5. The molecule has 5 rings (SSSR count). The summed E-state index contributed by atoms with van der Waals surface area (Å²) in [5, 5.41) is 3.23. The molecule has 0 aliphatic heterocycles. The molecule has 0 spiro atoms. The van der Waals surface area contributed by atoms with Crippen molar-refractivity contribution in [1.29, 1.82) is 0 Å². The van der Waals surface area contributed by atoms with Crippen LogP contribution in [0.5, 0.6) is 0 Å². The van der Waals surface area contributed by atoms with Crippen LogP contribution in [0.2, 0.25) is 0 Å². The molecule has 150 valence electrons. The number of carbonyl (C=O) groups excluding carboxylic acids is 1. The summed E-state index contributed by atoms with van der Waals surface area (Å²) in [5.74, 6) is 0.0420. The minimum Gasteiger partial charge on any atom is -0.293 e. The topological polar surface area (TPSA) is 52.0 Å². The number of hydrogen-bond donors (Lipinski definition) is 0. The Hall–Kier alpha value is -2.77. The first-order chi connectivity index (χ1) is 14.6. The highest BCUT2D eigenvalue weighted by molar-refractivity contribution is 7.99. The van der Waals surface area contributed by atoms with E-state index in [9.17, 15) is 14.0 Å². The second kappa shape index (κ2) is 7.81. The van der Waals surface area contributed by atoms with E-state index in [1.807, 2.05) is 35.7 Å². The number of benzene rings is 2.